The van der Waals surface area contributed by atoms with Crippen LogP contribution < -0.4 is 15.4 Å². The predicted octanol–water partition coefficient (Wildman–Crippen LogP) is 1.76. The van der Waals surface area contributed by atoms with Crippen LogP contribution >= 0.6 is 0 Å². The Morgan fingerprint density at radius 2 is 1.72 bits per heavy atom. The zero-order valence-corrected chi connectivity index (χ0v) is 35.0. The van der Waals surface area contributed by atoms with Crippen LogP contribution in [0.4, 0.5) is 8.78 Å². The van der Waals surface area contributed by atoms with Crippen molar-refractivity contribution in [3.05, 3.63) is 93.7 Å². The number of para-hydroxylation sites is 1. The lowest BCUT2D eigenvalue weighted by Gasteiger charge is -2.43. The van der Waals surface area contributed by atoms with Crippen molar-refractivity contribution in [2.45, 2.75) is 93.8 Å². The molecule has 2 aliphatic heterocycles. The molecule has 0 spiro atoms. The number of hydrogen-bond acceptors (Lipinski definition) is 15. The van der Waals surface area contributed by atoms with Crippen LogP contribution in [0.5, 0.6) is 17.2 Å². The molecule has 1 aromatic heterocycles. The molecule has 0 saturated carbocycles. The van der Waals surface area contributed by atoms with Gasteiger partial charge < -0.3 is 55.3 Å². The van der Waals surface area contributed by atoms with Gasteiger partial charge in [0.2, 0.25) is 17.6 Å². The number of alkyl halides is 2. The van der Waals surface area contributed by atoms with Crippen LogP contribution in [0.3, 0.4) is 0 Å². The maximum atomic E-state index is 15.1. The maximum absolute atomic E-state index is 15.1. The van der Waals surface area contributed by atoms with Crippen LogP contribution in [0.25, 0.3) is 10.9 Å². The molecule has 3 heterocycles. The van der Waals surface area contributed by atoms with Crippen LogP contribution in [0, 0.1) is 0 Å². The number of methoxy groups -OCH3 is 1. The Hall–Kier alpha value is -6.45. The summed E-state index contributed by atoms with van der Waals surface area (Å²) in [6.07, 6.45) is -7.31. The van der Waals surface area contributed by atoms with E-state index in [4.69, 9.17) is 14.2 Å². The first-order chi connectivity index (χ1) is 30.8. The van der Waals surface area contributed by atoms with Gasteiger partial charge in [-0.15, -0.1) is 0 Å². The van der Waals surface area contributed by atoms with Crippen LogP contribution in [0.2, 0.25) is 0 Å². The smallest absolute Gasteiger partial charge is 0.267 e. The minimum atomic E-state index is -3.51. The average molecular weight is 903 g/mol. The highest BCUT2D eigenvalue weighted by atomic mass is 19.3. The third kappa shape index (κ3) is 7.84. The molecule has 3 amide bonds. The normalized spacial score (nSPS) is 26.1. The van der Waals surface area contributed by atoms with E-state index in [-0.39, 0.29) is 33.6 Å². The largest absolute Gasteiger partial charge is 0.507 e. The van der Waals surface area contributed by atoms with Gasteiger partial charge in [-0.25, -0.2) is 8.78 Å². The number of nitrogens with one attached hydrogen (secondary N) is 2. The van der Waals surface area contributed by atoms with E-state index in [1.807, 2.05) is 0 Å². The summed E-state index contributed by atoms with van der Waals surface area (Å²) >= 11 is 0. The molecule has 3 aromatic carbocycles. The summed E-state index contributed by atoms with van der Waals surface area (Å²) < 4.78 is 47.5. The number of benzene rings is 3. The number of ether oxygens (including phenoxy) is 3. The molecule has 342 valence electrons. The number of aliphatic hydroxyl groups excluding tert-OH is 2. The van der Waals surface area contributed by atoms with Crippen LogP contribution in [-0.2, 0) is 30.3 Å². The molecule has 3 unspecified atom stereocenters. The van der Waals surface area contributed by atoms with Crippen molar-refractivity contribution < 1.29 is 77.3 Å². The average Bonchev–Trinajstić information content (AvgIpc) is 3.62. The van der Waals surface area contributed by atoms with E-state index in [1.54, 1.807) is 24.3 Å². The van der Waals surface area contributed by atoms with Gasteiger partial charge in [-0.2, -0.15) is 0 Å². The van der Waals surface area contributed by atoms with Crippen molar-refractivity contribution in [2.24, 2.45) is 0 Å². The first-order valence-electron chi connectivity index (χ1n) is 20.6. The first kappa shape index (κ1) is 45.1. The fourth-order valence-electron chi connectivity index (χ4n) is 9.30. The molecule has 0 bridgehead atoms. The number of Topliss-reactive ketones (excluding diaryl/α,β-unsaturated/α-hetero) is 1. The van der Waals surface area contributed by atoms with Crippen LogP contribution in [-0.4, -0.2) is 139 Å². The van der Waals surface area contributed by atoms with Crippen molar-refractivity contribution in [1.82, 2.24) is 20.5 Å². The number of likely N-dealkylation sites (tertiary alicyclic amines) is 1. The molecule has 8 rings (SSSR count). The molecule has 18 nitrogen and oxygen atoms in total. The van der Waals surface area contributed by atoms with Crippen LogP contribution in [0.1, 0.15) is 92.5 Å². The number of aliphatic hydroxyl groups is 3. The summed E-state index contributed by atoms with van der Waals surface area (Å²) in [6.45, 7) is 0.371. The number of ketones is 3. The number of carbonyl (C=O) groups excluding carboxylic acids is 6. The van der Waals surface area contributed by atoms with Gasteiger partial charge >= 0.3 is 0 Å². The highest BCUT2D eigenvalue weighted by Gasteiger charge is 2.53. The van der Waals surface area contributed by atoms with Gasteiger partial charge in [-0.1, -0.05) is 30.3 Å². The zero-order valence-electron chi connectivity index (χ0n) is 35.0. The number of amides is 3. The standard InChI is InChI=1S/C45H44F2N4O14/c1-19(49-41(59)22-11-12-48-25-9-5-4-7-21(22)25)43(61)51-18-45(46,47)15-27(51)42(60)50-26-13-31(64-20(2)36(26)54)65-29-16-44(62,30(53)17-52)14-24-33(29)40(58)35-34(38(24)56)37(55)23-8-6-10-28(63-3)32(23)39(35)57/h4-12,19-20,26-27,29,31,36,52,54,56,58,62H,13-18H2,1-3H3,(H,49,59)(H,50,60)/t19-,20?,26?,27+,29+,31?,36+,44+/m1/s1. The summed E-state index contributed by atoms with van der Waals surface area (Å²) in [4.78, 5) is 86.7. The molecule has 0 radical (unpaired) electrons. The van der Waals surface area contributed by atoms with Gasteiger partial charge in [0.05, 0.1) is 59.7 Å². The summed E-state index contributed by atoms with van der Waals surface area (Å²) in [6, 6.07) is 7.94. The van der Waals surface area contributed by atoms with Crippen molar-refractivity contribution in [3.63, 3.8) is 0 Å². The molecule has 7 N–H and O–H groups in total. The second kappa shape index (κ2) is 16.8. The lowest BCUT2D eigenvalue weighted by molar-refractivity contribution is -0.249. The minimum absolute atomic E-state index is 0.00000444. The molecule has 4 aromatic rings. The SMILES string of the molecule is COc1cccc2c1C(=O)c1c(O)c3c(c(O)c1C2=O)C[C@@](O)(C(=O)CO)C[C@@H]3OC1CC(NC(=O)[C@@H]2CC(F)(F)CN2C(=O)[C@@H](C)NC(=O)c2ccnc3ccccc23)[C@@H](O)C(C)O1. The lowest BCUT2D eigenvalue weighted by atomic mass is 9.72. The van der Waals surface area contributed by atoms with E-state index < -0.39 is 151 Å². The maximum Gasteiger partial charge on any atom is 0.267 e. The zero-order chi connectivity index (χ0) is 46.9. The highest BCUT2D eigenvalue weighted by molar-refractivity contribution is 6.31. The number of carbonyl (C=O) groups is 6. The molecule has 2 saturated heterocycles. The number of hydrogen-bond donors (Lipinski definition) is 7. The third-order valence-corrected chi connectivity index (χ3v) is 12.6. The first-order valence-corrected chi connectivity index (χ1v) is 20.6. The molecular formula is C45H44F2N4O14. The number of halogens is 2. The topological polar surface area (TPSA) is 271 Å². The van der Waals surface area contributed by atoms with Gasteiger partial charge in [-0.3, -0.25) is 33.8 Å². The Balaban J connectivity index is 1.04. The fourth-order valence-corrected chi connectivity index (χ4v) is 9.30. The van der Waals surface area contributed by atoms with Crippen LogP contribution in [0.15, 0.2) is 54.7 Å². The Kier molecular flexibility index (Phi) is 11.7. The van der Waals surface area contributed by atoms with Crippen molar-refractivity contribution in [1.29, 1.82) is 0 Å². The number of phenols is 2. The molecule has 65 heavy (non-hydrogen) atoms. The Bertz CT molecular complexity index is 2670. The molecule has 8 atom stereocenters. The van der Waals surface area contributed by atoms with Gasteiger partial charge in [0.1, 0.15) is 47.6 Å². The Labute approximate surface area is 368 Å². The second-order valence-corrected chi connectivity index (χ2v) is 16.7. The predicted molar refractivity (Wildman–Crippen MR) is 219 cm³/mol. The Morgan fingerprint density at radius 1 is 1.00 bits per heavy atom. The monoisotopic (exact) mass is 902 g/mol. The van der Waals surface area contributed by atoms with Gasteiger partial charge in [0.15, 0.2) is 17.9 Å². The number of fused-ring (bicyclic) bond motifs is 4. The van der Waals surface area contributed by atoms with E-state index in [0.717, 1.165) is 0 Å². The fraction of sp³-hybridized carbons (Fsp3) is 0.400. The van der Waals surface area contributed by atoms with E-state index >= 15 is 8.78 Å². The number of nitrogens with zero attached hydrogens (tertiary/aromatic N) is 2. The number of phenolic OH excluding ortho intramolecular Hbond substituents is 2. The van der Waals surface area contributed by atoms with E-state index in [9.17, 15) is 54.3 Å². The van der Waals surface area contributed by atoms with Gasteiger partial charge in [0, 0.05) is 54.0 Å². The number of aromatic nitrogens is 1. The summed E-state index contributed by atoms with van der Waals surface area (Å²) in [5, 5.41) is 61.7. The van der Waals surface area contributed by atoms with Crippen molar-refractivity contribution in [2.75, 3.05) is 20.3 Å². The lowest BCUT2D eigenvalue weighted by Crippen LogP contribution is -2.59. The molecule has 20 heteroatoms. The van der Waals surface area contributed by atoms with E-state index in [2.05, 4.69) is 15.6 Å². The van der Waals surface area contributed by atoms with Gasteiger partial charge in [-0.05, 0) is 32.0 Å². The molecular weight excluding hydrogens is 859 g/mol. The van der Waals surface area contributed by atoms with Crippen molar-refractivity contribution in [3.8, 4) is 17.2 Å². The van der Waals surface area contributed by atoms with E-state index in [1.165, 1.54) is 51.4 Å². The molecule has 2 fully saturated rings. The quantitative estimate of drug-likeness (QED) is 0.0985. The summed E-state index contributed by atoms with van der Waals surface area (Å²) in [5.74, 6) is -10.8. The number of aromatic hydroxyl groups is 2. The minimum Gasteiger partial charge on any atom is -0.507 e. The van der Waals surface area contributed by atoms with E-state index in [0.29, 0.717) is 15.8 Å². The molecule has 4 aliphatic rings. The third-order valence-electron chi connectivity index (χ3n) is 12.6. The van der Waals surface area contributed by atoms with Gasteiger partial charge in [0.25, 0.3) is 11.8 Å². The molecule has 2 aliphatic carbocycles. The number of rotatable bonds is 10. The van der Waals surface area contributed by atoms with Crippen molar-refractivity contribution >= 4 is 46.0 Å². The second-order valence-electron chi connectivity index (χ2n) is 16.7. The number of pyridine rings is 1. The summed E-state index contributed by atoms with van der Waals surface area (Å²) in [7, 11) is 1.27. The Morgan fingerprint density at radius 3 is 2.45 bits per heavy atom. The highest BCUT2D eigenvalue weighted by Crippen LogP contribution is 2.52. The summed E-state index contributed by atoms with van der Waals surface area (Å²) in [5.41, 5.74) is -4.00.